The molecule has 0 radical (unpaired) electrons. The van der Waals surface area contributed by atoms with Crippen LogP contribution in [0.3, 0.4) is 0 Å². The third-order valence-corrected chi connectivity index (χ3v) is 4.45. The Morgan fingerprint density at radius 3 is 2.46 bits per heavy atom. The Kier molecular flexibility index (Phi) is 3.76. The summed E-state index contributed by atoms with van der Waals surface area (Å²) in [5.41, 5.74) is 7.64. The lowest BCUT2D eigenvalue weighted by atomic mass is 10.1. The number of hydrogen-bond acceptors (Lipinski definition) is 6. The topological polar surface area (TPSA) is 98.4 Å². The number of nitrogens with two attached hydrogens (primary N) is 1. The fourth-order valence-electron chi connectivity index (χ4n) is 3.21. The fraction of sp³-hybridized carbons (Fsp3) is 0.158. The molecular formula is C19H16N4O3. The number of carbonyl (C=O) groups excluding carboxylic acids is 2. The number of fused-ring (bicyclic) bond motifs is 2. The molecule has 2 N–H and O–H groups in total. The average Bonchev–Trinajstić information content (AvgIpc) is 2.90. The molecule has 4 rings (SSSR count). The van der Waals surface area contributed by atoms with Gasteiger partial charge in [0, 0.05) is 24.9 Å². The minimum atomic E-state index is -0.273. The highest BCUT2D eigenvalue weighted by Gasteiger charge is 2.34. The van der Waals surface area contributed by atoms with Crippen LogP contribution in [0.15, 0.2) is 42.6 Å². The zero-order valence-corrected chi connectivity index (χ0v) is 14.1. The Balaban J connectivity index is 1.60. The van der Waals surface area contributed by atoms with Crippen LogP contribution in [0, 0.1) is 0 Å². The van der Waals surface area contributed by atoms with Crippen molar-refractivity contribution in [3.63, 3.8) is 0 Å². The van der Waals surface area contributed by atoms with Crippen molar-refractivity contribution in [1.82, 2.24) is 14.9 Å². The van der Waals surface area contributed by atoms with E-state index in [1.54, 1.807) is 30.5 Å². The zero-order valence-electron chi connectivity index (χ0n) is 14.1. The Labute approximate surface area is 149 Å². The van der Waals surface area contributed by atoms with Gasteiger partial charge in [0.25, 0.3) is 11.8 Å². The summed E-state index contributed by atoms with van der Waals surface area (Å²) in [6.07, 6.45) is 2.05. The molecule has 3 aromatic rings. The van der Waals surface area contributed by atoms with E-state index < -0.39 is 0 Å². The summed E-state index contributed by atoms with van der Waals surface area (Å²) in [6, 6.07) is 10.5. The van der Waals surface area contributed by atoms with Gasteiger partial charge in [-0.05, 0) is 29.7 Å². The van der Waals surface area contributed by atoms with Gasteiger partial charge in [0.05, 0.1) is 23.6 Å². The van der Waals surface area contributed by atoms with E-state index in [-0.39, 0.29) is 18.4 Å². The first kappa shape index (κ1) is 16.0. The summed E-state index contributed by atoms with van der Waals surface area (Å²) in [5, 5.41) is 1.50. The summed E-state index contributed by atoms with van der Waals surface area (Å²) in [7, 11) is 1.53. The summed E-state index contributed by atoms with van der Waals surface area (Å²) < 4.78 is 5.22. The molecule has 0 saturated carbocycles. The predicted molar refractivity (Wildman–Crippen MR) is 96.0 cm³/mol. The van der Waals surface area contributed by atoms with Gasteiger partial charge < -0.3 is 10.5 Å². The number of pyridine rings is 2. The molecule has 1 aliphatic rings. The second-order valence-electron chi connectivity index (χ2n) is 5.97. The summed E-state index contributed by atoms with van der Waals surface area (Å²) in [4.78, 5) is 34.6. The number of nitrogens with zero attached hydrogens (tertiary/aromatic N) is 3. The number of carbonyl (C=O) groups is 2. The highest BCUT2D eigenvalue weighted by atomic mass is 16.5. The second-order valence-corrected chi connectivity index (χ2v) is 5.97. The number of aromatic nitrogens is 2. The quantitative estimate of drug-likeness (QED) is 0.725. The number of ether oxygens (including phenoxy) is 1. The number of nitrogen functional groups attached to an aromatic ring is 1. The first-order valence-electron chi connectivity index (χ1n) is 8.13. The number of methoxy groups -OCH3 is 1. The first-order chi connectivity index (χ1) is 12.6. The minimum Gasteiger partial charge on any atom is -0.480 e. The van der Waals surface area contributed by atoms with Gasteiger partial charge in [-0.1, -0.05) is 12.1 Å². The molecule has 3 heterocycles. The van der Waals surface area contributed by atoms with Crippen LogP contribution in [-0.4, -0.2) is 40.3 Å². The van der Waals surface area contributed by atoms with E-state index in [9.17, 15) is 9.59 Å². The van der Waals surface area contributed by atoms with Crippen molar-refractivity contribution in [2.45, 2.75) is 6.42 Å². The third kappa shape index (κ3) is 2.45. The van der Waals surface area contributed by atoms with Crippen LogP contribution in [0.5, 0.6) is 5.88 Å². The van der Waals surface area contributed by atoms with E-state index >= 15 is 0 Å². The van der Waals surface area contributed by atoms with Crippen LogP contribution in [0.2, 0.25) is 0 Å². The van der Waals surface area contributed by atoms with Crippen LogP contribution in [0.4, 0.5) is 5.82 Å². The van der Waals surface area contributed by atoms with Gasteiger partial charge in [0.15, 0.2) is 0 Å². The lowest BCUT2D eigenvalue weighted by Gasteiger charge is -2.14. The van der Waals surface area contributed by atoms with E-state index in [0.29, 0.717) is 40.3 Å². The number of hydrogen-bond donors (Lipinski definition) is 1. The minimum absolute atomic E-state index is 0.243. The van der Waals surface area contributed by atoms with Crippen LogP contribution in [-0.2, 0) is 6.42 Å². The molecule has 2 aromatic heterocycles. The summed E-state index contributed by atoms with van der Waals surface area (Å²) >= 11 is 0. The summed E-state index contributed by atoms with van der Waals surface area (Å²) in [5.74, 6) is 0.180. The maximum Gasteiger partial charge on any atom is 0.261 e. The normalized spacial score (nSPS) is 13.3. The molecule has 1 aromatic carbocycles. The first-order valence-corrected chi connectivity index (χ1v) is 8.13. The van der Waals surface area contributed by atoms with Crippen molar-refractivity contribution in [3.8, 4) is 5.88 Å². The molecule has 2 amide bonds. The van der Waals surface area contributed by atoms with E-state index in [0.717, 1.165) is 5.39 Å². The number of anilines is 1. The standard InChI is InChI=1S/C19H16N4O3/c1-26-17-15-11(6-8-21-17)10-12(22-16(15)20)7-9-23-18(24)13-4-2-3-5-14(13)19(23)25/h2-6,8,10H,7,9H2,1H3,(H2,20,22). The summed E-state index contributed by atoms with van der Waals surface area (Å²) in [6.45, 7) is 0.243. The van der Waals surface area contributed by atoms with Crippen LogP contribution < -0.4 is 10.5 Å². The van der Waals surface area contributed by atoms with Crippen LogP contribution >= 0.6 is 0 Å². The second kappa shape index (κ2) is 6.11. The van der Waals surface area contributed by atoms with E-state index in [2.05, 4.69) is 9.97 Å². The van der Waals surface area contributed by atoms with Crippen molar-refractivity contribution in [2.75, 3.05) is 19.4 Å². The molecular weight excluding hydrogens is 332 g/mol. The number of amides is 2. The van der Waals surface area contributed by atoms with Gasteiger partial charge in [-0.15, -0.1) is 0 Å². The van der Waals surface area contributed by atoms with Crippen molar-refractivity contribution in [1.29, 1.82) is 0 Å². The Morgan fingerprint density at radius 1 is 1.12 bits per heavy atom. The molecule has 0 aliphatic carbocycles. The number of rotatable bonds is 4. The molecule has 7 heteroatoms. The Hall–Kier alpha value is -3.48. The van der Waals surface area contributed by atoms with Gasteiger partial charge in [0.2, 0.25) is 5.88 Å². The molecule has 0 atom stereocenters. The molecule has 0 spiro atoms. The highest BCUT2D eigenvalue weighted by Crippen LogP contribution is 2.28. The van der Waals surface area contributed by atoms with E-state index in [1.807, 2.05) is 12.1 Å². The van der Waals surface area contributed by atoms with Gasteiger partial charge in [0.1, 0.15) is 5.82 Å². The molecule has 0 bridgehead atoms. The SMILES string of the molecule is COc1nccc2cc(CCN3C(=O)c4ccccc4C3=O)nc(N)c12. The predicted octanol–water partition coefficient (Wildman–Crippen LogP) is 2.06. The smallest absolute Gasteiger partial charge is 0.261 e. The van der Waals surface area contributed by atoms with Crippen molar-refractivity contribution >= 4 is 28.4 Å². The Bertz CT molecular complexity index is 1010. The molecule has 130 valence electrons. The van der Waals surface area contributed by atoms with E-state index in [1.165, 1.54) is 12.0 Å². The molecule has 0 unspecified atom stereocenters. The van der Waals surface area contributed by atoms with Gasteiger partial charge in [-0.2, -0.15) is 0 Å². The van der Waals surface area contributed by atoms with Crippen molar-refractivity contribution in [2.24, 2.45) is 0 Å². The maximum atomic E-state index is 12.4. The molecule has 0 saturated heterocycles. The molecule has 7 nitrogen and oxygen atoms in total. The highest BCUT2D eigenvalue weighted by molar-refractivity contribution is 6.21. The largest absolute Gasteiger partial charge is 0.480 e. The molecule has 26 heavy (non-hydrogen) atoms. The van der Waals surface area contributed by atoms with Crippen molar-refractivity contribution < 1.29 is 14.3 Å². The van der Waals surface area contributed by atoms with Gasteiger partial charge in [-0.25, -0.2) is 9.97 Å². The molecule has 1 aliphatic heterocycles. The van der Waals surface area contributed by atoms with Gasteiger partial charge in [-0.3, -0.25) is 14.5 Å². The fourth-order valence-corrected chi connectivity index (χ4v) is 3.21. The third-order valence-electron chi connectivity index (χ3n) is 4.45. The number of benzene rings is 1. The average molecular weight is 348 g/mol. The molecule has 0 fully saturated rings. The maximum absolute atomic E-state index is 12.4. The zero-order chi connectivity index (χ0) is 18.3. The van der Waals surface area contributed by atoms with Crippen molar-refractivity contribution in [3.05, 3.63) is 59.4 Å². The lowest BCUT2D eigenvalue weighted by molar-refractivity contribution is 0.0656. The Morgan fingerprint density at radius 2 is 1.81 bits per heavy atom. The van der Waals surface area contributed by atoms with Gasteiger partial charge >= 0.3 is 0 Å². The van der Waals surface area contributed by atoms with E-state index in [4.69, 9.17) is 10.5 Å². The van der Waals surface area contributed by atoms with Crippen LogP contribution in [0.25, 0.3) is 10.8 Å². The number of imide groups is 1. The van der Waals surface area contributed by atoms with Crippen LogP contribution in [0.1, 0.15) is 26.4 Å². The lowest BCUT2D eigenvalue weighted by Crippen LogP contribution is -2.31. The monoisotopic (exact) mass is 348 g/mol.